The summed E-state index contributed by atoms with van der Waals surface area (Å²) in [7, 11) is 0. The number of hydrogen-bond donors (Lipinski definition) is 0. The molecule has 0 saturated carbocycles. The van der Waals surface area contributed by atoms with Crippen LogP contribution in [0.3, 0.4) is 0 Å². The molecule has 0 saturated heterocycles. The lowest BCUT2D eigenvalue weighted by Crippen LogP contribution is -1.90. The van der Waals surface area contributed by atoms with Crippen LogP contribution in [0, 0.1) is 6.92 Å². The lowest BCUT2D eigenvalue weighted by atomic mass is 9.95. The second kappa shape index (κ2) is 5.19. The molecule has 0 radical (unpaired) electrons. The Hall–Kier alpha value is -2.25. The van der Waals surface area contributed by atoms with Crippen LogP contribution in [0.5, 0.6) is 0 Å². The Kier molecular flexibility index (Phi) is 3.16. The van der Waals surface area contributed by atoms with Gasteiger partial charge in [-0.1, -0.05) is 41.9 Å². The van der Waals surface area contributed by atoms with Gasteiger partial charge in [0.25, 0.3) is 0 Å². The van der Waals surface area contributed by atoms with Crippen LogP contribution in [0.4, 0.5) is 0 Å². The van der Waals surface area contributed by atoms with Gasteiger partial charge in [-0.05, 0) is 59.0 Å². The maximum Gasteiger partial charge on any atom is 0.133 e. The number of hydrogen-bond acceptors (Lipinski definition) is 1. The van der Waals surface area contributed by atoms with Gasteiger partial charge in [0.05, 0.1) is 6.26 Å². The van der Waals surface area contributed by atoms with Crippen molar-refractivity contribution in [2.24, 2.45) is 0 Å². The average Bonchev–Trinajstić information content (AvgIpc) is 3.13. The molecule has 22 heavy (non-hydrogen) atoms. The Morgan fingerprint density at radius 3 is 2.55 bits per heavy atom. The number of furan rings is 1. The standard InChI is InChI=1S/C20H15ClO/c1-13-9-10-22-20(13)16-11-15-3-2-4-18(19(15)12-16)14-5-7-17(21)8-6-14/h2-11H,12H2,1H3. The van der Waals surface area contributed by atoms with Crippen LogP contribution in [-0.4, -0.2) is 0 Å². The van der Waals surface area contributed by atoms with Gasteiger partial charge in [-0.25, -0.2) is 0 Å². The van der Waals surface area contributed by atoms with Crippen LogP contribution in [-0.2, 0) is 6.42 Å². The van der Waals surface area contributed by atoms with Crippen molar-refractivity contribution in [2.75, 3.05) is 0 Å². The summed E-state index contributed by atoms with van der Waals surface area (Å²) in [5.41, 5.74) is 7.54. The summed E-state index contributed by atoms with van der Waals surface area (Å²) in [6.45, 7) is 2.09. The molecule has 0 fully saturated rings. The van der Waals surface area contributed by atoms with Crippen LogP contribution in [0.25, 0.3) is 22.8 Å². The van der Waals surface area contributed by atoms with Crippen molar-refractivity contribution in [1.82, 2.24) is 0 Å². The van der Waals surface area contributed by atoms with Crippen molar-refractivity contribution in [2.45, 2.75) is 13.3 Å². The van der Waals surface area contributed by atoms with Gasteiger partial charge in [-0.2, -0.15) is 0 Å². The fraction of sp³-hybridized carbons (Fsp3) is 0.100. The largest absolute Gasteiger partial charge is 0.464 e. The van der Waals surface area contributed by atoms with Crippen molar-refractivity contribution in [3.8, 4) is 11.1 Å². The zero-order valence-corrected chi connectivity index (χ0v) is 13.0. The van der Waals surface area contributed by atoms with Crippen LogP contribution in [0.2, 0.25) is 5.02 Å². The van der Waals surface area contributed by atoms with Gasteiger partial charge in [0.15, 0.2) is 0 Å². The molecule has 2 aromatic carbocycles. The van der Waals surface area contributed by atoms with E-state index in [1.807, 2.05) is 18.2 Å². The quantitative estimate of drug-likeness (QED) is 0.565. The van der Waals surface area contributed by atoms with E-state index in [-0.39, 0.29) is 0 Å². The number of aryl methyl sites for hydroxylation is 1. The molecule has 0 atom stereocenters. The minimum absolute atomic E-state index is 0.765. The predicted octanol–water partition coefficient (Wildman–Crippen LogP) is 6.01. The average molecular weight is 307 g/mol. The minimum Gasteiger partial charge on any atom is -0.464 e. The van der Waals surface area contributed by atoms with E-state index in [1.54, 1.807) is 6.26 Å². The van der Waals surface area contributed by atoms with Gasteiger partial charge >= 0.3 is 0 Å². The SMILES string of the molecule is Cc1ccoc1C1=Cc2cccc(-c3ccc(Cl)cc3)c2C1. The van der Waals surface area contributed by atoms with Crippen molar-refractivity contribution in [1.29, 1.82) is 0 Å². The Bertz CT molecular complexity index is 869. The number of benzene rings is 2. The molecule has 0 aliphatic heterocycles. The van der Waals surface area contributed by atoms with Crippen molar-refractivity contribution in [3.63, 3.8) is 0 Å². The summed E-state index contributed by atoms with van der Waals surface area (Å²) in [4.78, 5) is 0. The van der Waals surface area contributed by atoms with Gasteiger partial charge < -0.3 is 4.42 Å². The van der Waals surface area contributed by atoms with Crippen molar-refractivity contribution in [3.05, 3.63) is 82.3 Å². The van der Waals surface area contributed by atoms with Gasteiger partial charge in [-0.15, -0.1) is 0 Å². The number of fused-ring (bicyclic) bond motifs is 1. The molecule has 0 amide bonds. The van der Waals surface area contributed by atoms with Gasteiger partial charge in [0, 0.05) is 17.0 Å². The maximum absolute atomic E-state index is 6.00. The first-order valence-electron chi connectivity index (χ1n) is 7.35. The molecule has 108 valence electrons. The summed E-state index contributed by atoms with van der Waals surface area (Å²) < 4.78 is 5.66. The highest BCUT2D eigenvalue weighted by Crippen LogP contribution is 2.38. The monoisotopic (exact) mass is 306 g/mol. The number of halogens is 1. The predicted molar refractivity (Wildman–Crippen MR) is 91.9 cm³/mol. The maximum atomic E-state index is 6.00. The normalized spacial score (nSPS) is 13.1. The first-order valence-corrected chi connectivity index (χ1v) is 7.73. The molecular formula is C20H15ClO. The van der Waals surface area contributed by atoms with E-state index in [0.717, 1.165) is 17.2 Å². The Morgan fingerprint density at radius 2 is 1.82 bits per heavy atom. The first kappa shape index (κ1) is 13.4. The molecule has 0 bridgehead atoms. The highest BCUT2D eigenvalue weighted by molar-refractivity contribution is 6.30. The van der Waals surface area contributed by atoms with Gasteiger partial charge in [0.2, 0.25) is 0 Å². The third-order valence-corrected chi connectivity index (χ3v) is 4.47. The molecule has 0 spiro atoms. The van der Waals surface area contributed by atoms with Crippen molar-refractivity contribution >= 4 is 23.3 Å². The zero-order valence-electron chi connectivity index (χ0n) is 12.3. The fourth-order valence-corrected chi connectivity index (χ4v) is 3.24. The lowest BCUT2D eigenvalue weighted by molar-refractivity contribution is 0.550. The van der Waals surface area contributed by atoms with E-state index in [2.05, 4.69) is 43.3 Å². The van der Waals surface area contributed by atoms with E-state index >= 15 is 0 Å². The first-order chi connectivity index (χ1) is 10.7. The number of allylic oxidation sites excluding steroid dienone is 1. The van der Waals surface area contributed by atoms with E-state index in [4.69, 9.17) is 16.0 Å². The molecule has 0 unspecified atom stereocenters. The van der Waals surface area contributed by atoms with Crippen LogP contribution < -0.4 is 0 Å². The molecule has 1 aromatic heterocycles. The fourth-order valence-electron chi connectivity index (χ4n) is 3.11. The van der Waals surface area contributed by atoms with Gasteiger partial charge in [-0.3, -0.25) is 0 Å². The molecular weight excluding hydrogens is 292 g/mol. The molecule has 1 aliphatic rings. The van der Waals surface area contributed by atoms with E-state index in [0.29, 0.717) is 0 Å². The Labute approximate surface area is 134 Å². The second-order valence-electron chi connectivity index (χ2n) is 5.66. The third-order valence-electron chi connectivity index (χ3n) is 4.22. The third kappa shape index (κ3) is 2.18. The molecule has 4 rings (SSSR count). The van der Waals surface area contributed by atoms with Crippen LogP contribution in [0.1, 0.15) is 22.5 Å². The number of rotatable bonds is 2. The van der Waals surface area contributed by atoms with Crippen molar-refractivity contribution < 1.29 is 4.42 Å². The summed E-state index contributed by atoms with van der Waals surface area (Å²) in [6.07, 6.45) is 4.90. The molecule has 0 N–H and O–H groups in total. The molecule has 1 aliphatic carbocycles. The Morgan fingerprint density at radius 1 is 1.00 bits per heavy atom. The summed E-state index contributed by atoms with van der Waals surface area (Å²) in [5, 5.41) is 0.765. The Balaban J connectivity index is 1.77. The van der Waals surface area contributed by atoms with Crippen LogP contribution in [0.15, 0.2) is 59.2 Å². The molecule has 1 nitrogen and oxygen atoms in total. The highest BCUT2D eigenvalue weighted by Gasteiger charge is 2.20. The highest BCUT2D eigenvalue weighted by atomic mass is 35.5. The smallest absolute Gasteiger partial charge is 0.133 e. The topological polar surface area (TPSA) is 13.1 Å². The molecule has 1 heterocycles. The van der Waals surface area contributed by atoms with Crippen LogP contribution >= 0.6 is 11.6 Å². The summed E-state index contributed by atoms with van der Waals surface area (Å²) in [5.74, 6) is 0.998. The summed E-state index contributed by atoms with van der Waals surface area (Å²) in [6, 6.07) is 16.5. The minimum atomic E-state index is 0.765. The van der Waals surface area contributed by atoms with E-state index in [9.17, 15) is 0 Å². The van der Waals surface area contributed by atoms with E-state index in [1.165, 1.54) is 33.4 Å². The lowest BCUT2D eigenvalue weighted by Gasteiger charge is -2.09. The molecule has 2 heteroatoms. The summed E-state index contributed by atoms with van der Waals surface area (Å²) >= 11 is 6.00. The zero-order chi connectivity index (χ0) is 15.1. The molecule has 3 aromatic rings. The van der Waals surface area contributed by atoms with Gasteiger partial charge in [0.1, 0.15) is 5.76 Å². The van der Waals surface area contributed by atoms with E-state index < -0.39 is 0 Å². The second-order valence-corrected chi connectivity index (χ2v) is 6.10.